The Labute approximate surface area is 167 Å². The van der Waals surface area contributed by atoms with Crippen LogP contribution in [0.25, 0.3) is 10.9 Å². The number of piperazine rings is 1. The summed E-state index contributed by atoms with van der Waals surface area (Å²) in [6.07, 6.45) is 6.10. The van der Waals surface area contributed by atoms with Crippen LogP contribution < -0.4 is 9.64 Å². The third kappa shape index (κ3) is 3.26. The van der Waals surface area contributed by atoms with Crippen LogP contribution in [0.15, 0.2) is 54.7 Å². The molecule has 2 aromatic carbocycles. The molecule has 3 aromatic rings. The van der Waals surface area contributed by atoms with Crippen molar-refractivity contribution < 1.29 is 4.74 Å². The van der Waals surface area contributed by atoms with Crippen LogP contribution in [0.3, 0.4) is 0 Å². The van der Waals surface area contributed by atoms with Crippen LogP contribution >= 0.6 is 0 Å². The van der Waals surface area contributed by atoms with Gasteiger partial charge in [0, 0.05) is 55.0 Å². The number of nitrogens with one attached hydrogen (secondary N) is 1. The first-order chi connectivity index (χ1) is 13.8. The van der Waals surface area contributed by atoms with Gasteiger partial charge in [-0.1, -0.05) is 18.2 Å². The largest absolute Gasteiger partial charge is 0.497 e. The molecule has 1 saturated carbocycles. The molecular formula is C24H29N3O. The number of benzene rings is 2. The molecule has 1 aliphatic heterocycles. The quantitative estimate of drug-likeness (QED) is 0.721. The highest BCUT2D eigenvalue weighted by atomic mass is 16.5. The van der Waals surface area contributed by atoms with Crippen LogP contribution in [0.5, 0.6) is 5.75 Å². The summed E-state index contributed by atoms with van der Waals surface area (Å²) in [5.41, 5.74) is 4.05. The van der Waals surface area contributed by atoms with E-state index in [4.69, 9.17) is 4.74 Å². The first kappa shape index (κ1) is 17.6. The van der Waals surface area contributed by atoms with Gasteiger partial charge in [-0.05, 0) is 61.1 Å². The van der Waals surface area contributed by atoms with Gasteiger partial charge in [0.2, 0.25) is 0 Å². The summed E-state index contributed by atoms with van der Waals surface area (Å²) >= 11 is 0. The summed E-state index contributed by atoms with van der Waals surface area (Å²) in [6, 6.07) is 17.9. The van der Waals surface area contributed by atoms with Crippen molar-refractivity contribution in [1.82, 2.24) is 9.88 Å². The van der Waals surface area contributed by atoms with Crippen LogP contribution in [0, 0.1) is 0 Å². The Bertz CT molecular complexity index is 927. The summed E-state index contributed by atoms with van der Waals surface area (Å²) in [6.45, 7) is 4.62. The molecule has 1 aliphatic carbocycles. The van der Waals surface area contributed by atoms with Gasteiger partial charge >= 0.3 is 0 Å². The Kier molecular flexibility index (Phi) is 4.73. The third-order valence-corrected chi connectivity index (χ3v) is 6.72. The van der Waals surface area contributed by atoms with E-state index in [0.29, 0.717) is 5.92 Å². The van der Waals surface area contributed by atoms with Crippen molar-refractivity contribution in [2.24, 2.45) is 0 Å². The highest BCUT2D eigenvalue weighted by Crippen LogP contribution is 2.40. The van der Waals surface area contributed by atoms with E-state index in [-0.39, 0.29) is 0 Å². The molecule has 2 aliphatic rings. The number of nitrogens with zero attached hydrogens (tertiary/aromatic N) is 2. The molecule has 0 bridgehead atoms. The Balaban J connectivity index is 1.25. The average Bonchev–Trinajstić information content (AvgIpc) is 3.41. The molecule has 4 heteroatoms. The number of ether oxygens (including phenoxy) is 1. The van der Waals surface area contributed by atoms with Crippen molar-refractivity contribution in [2.45, 2.75) is 31.2 Å². The van der Waals surface area contributed by atoms with Crippen LogP contribution in [0.2, 0.25) is 0 Å². The number of H-pyrrole nitrogens is 1. The van der Waals surface area contributed by atoms with Crippen LogP contribution in [-0.2, 0) is 0 Å². The van der Waals surface area contributed by atoms with E-state index >= 15 is 0 Å². The minimum absolute atomic E-state index is 0.651. The van der Waals surface area contributed by atoms with E-state index in [1.165, 1.54) is 54.5 Å². The van der Waals surface area contributed by atoms with Gasteiger partial charge in [-0.25, -0.2) is 0 Å². The summed E-state index contributed by atoms with van der Waals surface area (Å²) in [5.74, 6) is 1.60. The second-order valence-electron chi connectivity index (χ2n) is 8.18. The van der Waals surface area contributed by atoms with Gasteiger partial charge in [0.1, 0.15) is 5.75 Å². The number of fused-ring (bicyclic) bond motifs is 1. The molecule has 0 amide bonds. The molecule has 146 valence electrons. The molecule has 2 atom stereocenters. The van der Waals surface area contributed by atoms with Crippen molar-refractivity contribution in [3.05, 3.63) is 60.3 Å². The normalized spacial score (nSPS) is 23.4. The van der Waals surface area contributed by atoms with Gasteiger partial charge in [0.15, 0.2) is 0 Å². The zero-order valence-electron chi connectivity index (χ0n) is 16.6. The molecule has 4 nitrogen and oxygen atoms in total. The van der Waals surface area contributed by atoms with Gasteiger partial charge in [0.25, 0.3) is 0 Å². The number of aromatic amines is 1. The fourth-order valence-corrected chi connectivity index (χ4v) is 5.14. The maximum Gasteiger partial charge on any atom is 0.119 e. The number of rotatable bonds is 4. The highest BCUT2D eigenvalue weighted by Gasteiger charge is 2.32. The number of anilines is 1. The molecule has 28 heavy (non-hydrogen) atoms. The number of para-hydroxylation sites is 1. The van der Waals surface area contributed by atoms with Gasteiger partial charge < -0.3 is 14.6 Å². The Hall–Kier alpha value is -2.46. The summed E-state index contributed by atoms with van der Waals surface area (Å²) in [4.78, 5) is 8.71. The van der Waals surface area contributed by atoms with Crippen molar-refractivity contribution >= 4 is 16.6 Å². The number of methoxy groups -OCH3 is 1. The maximum atomic E-state index is 5.45. The SMILES string of the molecule is COc1ccc2[nH]cc(C3CCC(N4CCN(c5ccccc5)CC4)C3)c2c1. The second kappa shape index (κ2) is 7.51. The third-order valence-electron chi connectivity index (χ3n) is 6.72. The van der Waals surface area contributed by atoms with Crippen LogP contribution in [-0.4, -0.2) is 49.2 Å². The van der Waals surface area contributed by atoms with E-state index in [9.17, 15) is 0 Å². The zero-order valence-corrected chi connectivity index (χ0v) is 16.6. The first-order valence-electron chi connectivity index (χ1n) is 10.5. The minimum atomic E-state index is 0.651. The Morgan fingerprint density at radius 2 is 1.79 bits per heavy atom. The van der Waals surface area contributed by atoms with Gasteiger partial charge in [-0.15, -0.1) is 0 Å². The molecule has 5 rings (SSSR count). The lowest BCUT2D eigenvalue weighted by molar-refractivity contribution is 0.186. The van der Waals surface area contributed by atoms with E-state index in [1.807, 2.05) is 6.07 Å². The second-order valence-corrected chi connectivity index (χ2v) is 8.18. The molecule has 0 radical (unpaired) electrons. The molecule has 2 heterocycles. The van der Waals surface area contributed by atoms with Crippen molar-refractivity contribution in [2.75, 3.05) is 38.2 Å². The minimum Gasteiger partial charge on any atom is -0.497 e. The lowest BCUT2D eigenvalue weighted by Gasteiger charge is -2.39. The smallest absolute Gasteiger partial charge is 0.119 e. The molecule has 1 aromatic heterocycles. The van der Waals surface area contributed by atoms with Gasteiger partial charge in [0.05, 0.1) is 7.11 Å². The number of aromatic nitrogens is 1. The van der Waals surface area contributed by atoms with E-state index in [2.05, 4.69) is 63.4 Å². The van der Waals surface area contributed by atoms with Crippen molar-refractivity contribution in [3.63, 3.8) is 0 Å². The standard InChI is InChI=1S/C24H29N3O/c1-28-21-9-10-24-22(16-21)23(17-25-24)18-7-8-20(15-18)27-13-11-26(12-14-27)19-5-3-2-4-6-19/h2-6,9-10,16-18,20,25H,7-8,11-15H2,1H3. The fraction of sp³-hybridized carbons (Fsp3) is 0.417. The van der Waals surface area contributed by atoms with E-state index < -0.39 is 0 Å². The molecular weight excluding hydrogens is 346 g/mol. The van der Waals surface area contributed by atoms with Crippen LogP contribution in [0.4, 0.5) is 5.69 Å². The maximum absolute atomic E-state index is 5.45. The van der Waals surface area contributed by atoms with Crippen molar-refractivity contribution in [1.29, 1.82) is 0 Å². The lowest BCUT2D eigenvalue weighted by atomic mass is 9.96. The molecule has 0 spiro atoms. The molecule has 1 saturated heterocycles. The molecule has 1 N–H and O–H groups in total. The number of hydrogen-bond donors (Lipinski definition) is 1. The first-order valence-corrected chi connectivity index (χ1v) is 10.5. The summed E-state index contributed by atoms with van der Waals surface area (Å²) in [7, 11) is 1.74. The van der Waals surface area contributed by atoms with Gasteiger partial charge in [-0.2, -0.15) is 0 Å². The monoisotopic (exact) mass is 375 g/mol. The fourth-order valence-electron chi connectivity index (χ4n) is 5.14. The molecule has 2 fully saturated rings. The topological polar surface area (TPSA) is 31.5 Å². The average molecular weight is 376 g/mol. The lowest BCUT2D eigenvalue weighted by Crippen LogP contribution is -2.49. The van der Waals surface area contributed by atoms with Crippen molar-refractivity contribution in [3.8, 4) is 5.75 Å². The zero-order chi connectivity index (χ0) is 18.9. The predicted octanol–water partition coefficient (Wildman–Crippen LogP) is 4.63. The van der Waals surface area contributed by atoms with E-state index in [0.717, 1.165) is 24.9 Å². The number of hydrogen-bond acceptors (Lipinski definition) is 3. The predicted molar refractivity (Wildman–Crippen MR) is 115 cm³/mol. The summed E-state index contributed by atoms with van der Waals surface area (Å²) in [5, 5.41) is 1.33. The van der Waals surface area contributed by atoms with Gasteiger partial charge in [-0.3, -0.25) is 4.90 Å². The Morgan fingerprint density at radius 3 is 2.57 bits per heavy atom. The van der Waals surface area contributed by atoms with E-state index in [1.54, 1.807) is 7.11 Å². The summed E-state index contributed by atoms with van der Waals surface area (Å²) < 4.78 is 5.45. The molecule has 2 unspecified atom stereocenters. The Morgan fingerprint density at radius 1 is 0.964 bits per heavy atom. The highest BCUT2D eigenvalue weighted by molar-refractivity contribution is 5.85. The van der Waals surface area contributed by atoms with Crippen LogP contribution in [0.1, 0.15) is 30.7 Å².